The van der Waals surface area contributed by atoms with Gasteiger partial charge in [0.2, 0.25) is 0 Å². The molecule has 1 aliphatic rings. The lowest BCUT2D eigenvalue weighted by Crippen LogP contribution is -2.02. The topological polar surface area (TPSA) is 42.7 Å². The van der Waals surface area contributed by atoms with Crippen LogP contribution in [0.15, 0.2) is 48.5 Å². The number of benzene rings is 2. The van der Waals surface area contributed by atoms with Gasteiger partial charge < -0.3 is 5.32 Å². The standard InChI is InChI=1S/C26H30N4S/c1-18-28-24-13-12-21(16-26(24)31-18)20-7-6-8-22(15-20)27-14-5-3-4-9-23-17-25(19-10-11-19)29-30(23)2/h6-8,12-13,15-17,19,27H,3-5,9-11,14H2,1-2H3. The summed E-state index contributed by atoms with van der Waals surface area (Å²) in [5.74, 6) is 0.743. The van der Waals surface area contributed by atoms with E-state index in [0.717, 1.165) is 29.4 Å². The molecule has 160 valence electrons. The molecule has 2 aromatic heterocycles. The summed E-state index contributed by atoms with van der Waals surface area (Å²) in [5.41, 5.74) is 7.48. The molecule has 1 fully saturated rings. The van der Waals surface area contributed by atoms with Gasteiger partial charge in [0.05, 0.1) is 20.9 Å². The van der Waals surface area contributed by atoms with Gasteiger partial charge in [0.15, 0.2) is 0 Å². The normalized spacial score (nSPS) is 13.7. The van der Waals surface area contributed by atoms with Gasteiger partial charge in [-0.15, -0.1) is 11.3 Å². The predicted octanol–water partition coefficient (Wildman–Crippen LogP) is 6.71. The van der Waals surface area contributed by atoms with Crippen molar-refractivity contribution in [2.45, 2.75) is 51.4 Å². The van der Waals surface area contributed by atoms with E-state index in [0.29, 0.717) is 0 Å². The van der Waals surface area contributed by atoms with E-state index < -0.39 is 0 Å². The predicted molar refractivity (Wildman–Crippen MR) is 131 cm³/mol. The lowest BCUT2D eigenvalue weighted by Gasteiger charge is -2.09. The quantitative estimate of drug-likeness (QED) is 0.300. The van der Waals surface area contributed by atoms with Gasteiger partial charge in [0, 0.05) is 30.9 Å². The highest BCUT2D eigenvalue weighted by molar-refractivity contribution is 7.18. The van der Waals surface area contributed by atoms with Crippen LogP contribution in [0.4, 0.5) is 5.69 Å². The van der Waals surface area contributed by atoms with E-state index in [4.69, 9.17) is 0 Å². The zero-order valence-corrected chi connectivity index (χ0v) is 19.2. The van der Waals surface area contributed by atoms with Crippen LogP contribution in [0.2, 0.25) is 0 Å². The Hall–Kier alpha value is -2.66. The summed E-state index contributed by atoms with van der Waals surface area (Å²) in [6, 6.07) is 17.6. The van der Waals surface area contributed by atoms with E-state index in [9.17, 15) is 0 Å². The maximum absolute atomic E-state index is 4.68. The molecule has 0 bridgehead atoms. The Kier molecular flexibility index (Phi) is 5.77. The number of hydrogen-bond donors (Lipinski definition) is 1. The number of thiazole rings is 1. The van der Waals surface area contributed by atoms with Crippen molar-refractivity contribution >= 4 is 27.2 Å². The fourth-order valence-corrected chi connectivity index (χ4v) is 5.08. The van der Waals surface area contributed by atoms with Crippen LogP contribution >= 0.6 is 11.3 Å². The summed E-state index contributed by atoms with van der Waals surface area (Å²) in [7, 11) is 2.09. The van der Waals surface area contributed by atoms with Crippen molar-refractivity contribution in [3.8, 4) is 11.1 Å². The number of nitrogens with one attached hydrogen (secondary N) is 1. The second kappa shape index (κ2) is 8.83. The number of fused-ring (bicyclic) bond motifs is 1. The van der Waals surface area contributed by atoms with Crippen molar-refractivity contribution in [2.75, 3.05) is 11.9 Å². The first-order chi connectivity index (χ1) is 15.2. The Labute approximate surface area is 188 Å². The van der Waals surface area contributed by atoms with Gasteiger partial charge in [-0.3, -0.25) is 4.68 Å². The molecule has 1 aliphatic carbocycles. The molecule has 5 heteroatoms. The first-order valence-corrected chi connectivity index (χ1v) is 12.2. The number of nitrogens with zero attached hydrogens (tertiary/aromatic N) is 3. The third-order valence-corrected chi connectivity index (χ3v) is 7.05. The van der Waals surface area contributed by atoms with Crippen LogP contribution in [0.5, 0.6) is 0 Å². The van der Waals surface area contributed by atoms with Crippen molar-refractivity contribution in [2.24, 2.45) is 7.05 Å². The Morgan fingerprint density at radius 2 is 1.90 bits per heavy atom. The lowest BCUT2D eigenvalue weighted by atomic mass is 10.0. The molecule has 0 spiro atoms. The molecule has 0 atom stereocenters. The van der Waals surface area contributed by atoms with Gasteiger partial charge in [0.25, 0.3) is 0 Å². The zero-order chi connectivity index (χ0) is 21.2. The molecule has 31 heavy (non-hydrogen) atoms. The maximum atomic E-state index is 4.68. The number of aromatic nitrogens is 3. The van der Waals surface area contributed by atoms with Crippen LogP contribution in [0.1, 0.15) is 54.4 Å². The Bertz CT molecular complexity index is 1190. The molecule has 1 saturated carbocycles. The first-order valence-electron chi connectivity index (χ1n) is 11.4. The molecule has 1 N–H and O–H groups in total. The average molecular weight is 431 g/mol. The minimum absolute atomic E-state index is 0.743. The van der Waals surface area contributed by atoms with E-state index in [-0.39, 0.29) is 0 Å². The molecule has 4 nitrogen and oxygen atoms in total. The summed E-state index contributed by atoms with van der Waals surface area (Å²) >= 11 is 1.76. The zero-order valence-electron chi connectivity index (χ0n) is 18.4. The van der Waals surface area contributed by atoms with E-state index in [1.165, 1.54) is 65.0 Å². The van der Waals surface area contributed by atoms with Crippen LogP contribution in [0.25, 0.3) is 21.3 Å². The average Bonchev–Trinajstić information content (AvgIpc) is 3.45. The second-order valence-corrected chi connectivity index (χ2v) is 9.93. The molecule has 0 aliphatic heterocycles. The van der Waals surface area contributed by atoms with Crippen molar-refractivity contribution in [1.29, 1.82) is 0 Å². The molecular weight excluding hydrogens is 400 g/mol. The molecule has 5 rings (SSSR count). The van der Waals surface area contributed by atoms with E-state index in [1.54, 1.807) is 11.3 Å². The molecule has 0 saturated heterocycles. The number of unbranched alkanes of at least 4 members (excludes halogenated alkanes) is 2. The summed E-state index contributed by atoms with van der Waals surface area (Å²) in [6.07, 6.45) is 7.41. The van der Waals surface area contributed by atoms with Gasteiger partial charge in [-0.1, -0.05) is 24.6 Å². The lowest BCUT2D eigenvalue weighted by molar-refractivity contribution is 0.642. The Morgan fingerprint density at radius 1 is 1.03 bits per heavy atom. The van der Waals surface area contributed by atoms with Crippen molar-refractivity contribution < 1.29 is 0 Å². The monoisotopic (exact) mass is 430 g/mol. The fraction of sp³-hybridized carbons (Fsp3) is 0.385. The van der Waals surface area contributed by atoms with E-state index >= 15 is 0 Å². The summed E-state index contributed by atoms with van der Waals surface area (Å²) in [4.78, 5) is 4.57. The second-order valence-electron chi connectivity index (χ2n) is 8.69. The highest BCUT2D eigenvalue weighted by Gasteiger charge is 2.26. The van der Waals surface area contributed by atoms with Crippen LogP contribution in [0.3, 0.4) is 0 Å². The minimum atomic E-state index is 0.743. The first kappa shape index (κ1) is 20.3. The summed E-state index contributed by atoms with van der Waals surface area (Å²) in [5, 5.41) is 9.41. The molecule has 0 amide bonds. The molecule has 0 unspecified atom stereocenters. The number of hydrogen-bond acceptors (Lipinski definition) is 4. The minimum Gasteiger partial charge on any atom is -0.385 e. The SMILES string of the molecule is Cc1nc2ccc(-c3cccc(NCCCCCc4cc(C5CC5)nn4C)c3)cc2s1. The van der Waals surface area contributed by atoms with Crippen LogP contribution in [-0.4, -0.2) is 21.3 Å². The van der Waals surface area contributed by atoms with Crippen LogP contribution in [0, 0.1) is 6.92 Å². The third kappa shape index (κ3) is 4.82. The molecule has 0 radical (unpaired) electrons. The fourth-order valence-electron chi connectivity index (χ4n) is 4.21. The molecule has 4 aromatic rings. The number of anilines is 1. The van der Waals surface area contributed by atoms with Crippen LogP contribution < -0.4 is 5.32 Å². The Morgan fingerprint density at radius 3 is 2.77 bits per heavy atom. The largest absolute Gasteiger partial charge is 0.385 e. The molecule has 2 aromatic carbocycles. The van der Waals surface area contributed by atoms with Gasteiger partial charge in [-0.25, -0.2) is 4.98 Å². The highest BCUT2D eigenvalue weighted by atomic mass is 32.1. The highest BCUT2D eigenvalue weighted by Crippen LogP contribution is 2.39. The third-order valence-electron chi connectivity index (χ3n) is 6.12. The summed E-state index contributed by atoms with van der Waals surface area (Å²) in [6.45, 7) is 3.08. The maximum Gasteiger partial charge on any atom is 0.0907 e. The summed E-state index contributed by atoms with van der Waals surface area (Å²) < 4.78 is 3.34. The molecule has 2 heterocycles. The van der Waals surface area contributed by atoms with E-state index in [1.807, 2.05) is 0 Å². The Balaban J connectivity index is 1.11. The molecular formula is C26H30N4S. The smallest absolute Gasteiger partial charge is 0.0907 e. The number of aryl methyl sites for hydroxylation is 3. The van der Waals surface area contributed by atoms with Gasteiger partial charge in [-0.05, 0) is 80.5 Å². The number of rotatable bonds is 9. The van der Waals surface area contributed by atoms with E-state index in [2.05, 4.69) is 82.6 Å². The van der Waals surface area contributed by atoms with Crippen molar-refractivity contribution in [3.63, 3.8) is 0 Å². The van der Waals surface area contributed by atoms with Crippen molar-refractivity contribution in [1.82, 2.24) is 14.8 Å². The van der Waals surface area contributed by atoms with Gasteiger partial charge >= 0.3 is 0 Å². The van der Waals surface area contributed by atoms with Gasteiger partial charge in [-0.2, -0.15) is 5.10 Å². The van der Waals surface area contributed by atoms with Crippen molar-refractivity contribution in [3.05, 3.63) is 64.9 Å². The van der Waals surface area contributed by atoms with Crippen LogP contribution in [-0.2, 0) is 13.5 Å². The van der Waals surface area contributed by atoms with Gasteiger partial charge in [0.1, 0.15) is 0 Å².